The second-order valence-corrected chi connectivity index (χ2v) is 8.77. The lowest BCUT2D eigenvalue weighted by molar-refractivity contribution is 0.414. The van der Waals surface area contributed by atoms with Crippen LogP contribution in [0.25, 0.3) is 32.3 Å². The van der Waals surface area contributed by atoms with Crippen molar-refractivity contribution >= 4 is 60.8 Å². The van der Waals surface area contributed by atoms with Gasteiger partial charge in [-0.15, -0.1) is 11.3 Å². The number of nitrogens with zero attached hydrogens (tertiary/aromatic N) is 2. The zero-order chi connectivity index (χ0) is 22.4. The molecule has 4 aromatic carbocycles. The topological polar surface area (TPSA) is 72.5 Å². The van der Waals surface area contributed by atoms with Crippen molar-refractivity contribution < 1.29 is 4.74 Å². The molecule has 0 spiro atoms. The van der Waals surface area contributed by atoms with Crippen LogP contribution in [0, 0.1) is 0 Å². The number of methoxy groups -OCH3 is 1. The van der Waals surface area contributed by atoms with Gasteiger partial charge in [-0.3, -0.25) is 0 Å². The SMILES string of the molecule is COc1ccc2ccccc2c1C1=C(c2nc3ccccc3s2)C(N)=Nc2ccccc2N1. The number of benzene rings is 4. The fraction of sp³-hybridized carbons (Fsp3) is 0.0370. The highest BCUT2D eigenvalue weighted by molar-refractivity contribution is 7.20. The van der Waals surface area contributed by atoms with Crippen LogP contribution in [0.5, 0.6) is 5.75 Å². The first-order chi connectivity index (χ1) is 16.2. The summed E-state index contributed by atoms with van der Waals surface area (Å²) in [5, 5.41) is 6.62. The van der Waals surface area contributed by atoms with Gasteiger partial charge in [-0.25, -0.2) is 9.98 Å². The Morgan fingerprint density at radius 2 is 1.67 bits per heavy atom. The van der Waals surface area contributed by atoms with Crippen LogP contribution >= 0.6 is 11.3 Å². The van der Waals surface area contributed by atoms with E-state index in [2.05, 4.69) is 29.6 Å². The van der Waals surface area contributed by atoms with Crippen molar-refractivity contribution in [3.8, 4) is 5.75 Å². The smallest absolute Gasteiger partial charge is 0.136 e. The number of nitrogens with one attached hydrogen (secondary N) is 1. The summed E-state index contributed by atoms with van der Waals surface area (Å²) in [4.78, 5) is 9.70. The van der Waals surface area contributed by atoms with Crippen LogP contribution in [0.2, 0.25) is 0 Å². The second kappa shape index (κ2) is 7.76. The number of hydrogen-bond donors (Lipinski definition) is 2. The summed E-state index contributed by atoms with van der Waals surface area (Å²) < 4.78 is 6.94. The van der Waals surface area contributed by atoms with Crippen molar-refractivity contribution in [2.75, 3.05) is 12.4 Å². The minimum absolute atomic E-state index is 0.413. The van der Waals surface area contributed by atoms with E-state index in [1.54, 1.807) is 18.4 Å². The standard InChI is InChI=1S/C27H20N4OS/c1-32-21-15-14-16-8-2-3-9-17(16)23(21)25-24(27-31-20-12-6-7-13-22(20)33-27)26(28)30-19-11-5-4-10-18(19)29-25/h2-15,29H,1H3,(H2,28,30). The Kier molecular flexibility index (Phi) is 4.59. The molecule has 2 heterocycles. The molecule has 0 aliphatic carbocycles. The Bertz CT molecular complexity index is 1570. The number of para-hydroxylation sites is 3. The molecule has 0 saturated heterocycles. The lowest BCUT2D eigenvalue weighted by atomic mass is 9.97. The van der Waals surface area contributed by atoms with E-state index >= 15 is 0 Å². The third-order valence-electron chi connectivity index (χ3n) is 5.78. The molecule has 0 saturated carbocycles. The molecule has 1 aliphatic heterocycles. The predicted molar refractivity (Wildman–Crippen MR) is 138 cm³/mol. The van der Waals surface area contributed by atoms with E-state index in [0.717, 1.165) is 60.0 Å². The molecular formula is C27H20N4OS. The van der Waals surface area contributed by atoms with Gasteiger partial charge in [-0.05, 0) is 41.1 Å². The number of fused-ring (bicyclic) bond motifs is 3. The van der Waals surface area contributed by atoms with Gasteiger partial charge in [0.15, 0.2) is 0 Å². The highest BCUT2D eigenvalue weighted by Gasteiger charge is 2.26. The Balaban J connectivity index is 1.73. The minimum Gasteiger partial charge on any atom is -0.496 e. The van der Waals surface area contributed by atoms with Crippen molar-refractivity contribution in [1.82, 2.24) is 4.98 Å². The van der Waals surface area contributed by atoms with Gasteiger partial charge in [0.25, 0.3) is 0 Å². The Labute approximate surface area is 194 Å². The summed E-state index contributed by atoms with van der Waals surface area (Å²) in [6.45, 7) is 0. The highest BCUT2D eigenvalue weighted by atomic mass is 32.1. The van der Waals surface area contributed by atoms with E-state index in [1.165, 1.54) is 0 Å². The summed E-state index contributed by atoms with van der Waals surface area (Å²) in [5.74, 6) is 1.17. The fourth-order valence-electron chi connectivity index (χ4n) is 4.25. The molecule has 0 bridgehead atoms. The van der Waals surface area contributed by atoms with Gasteiger partial charge >= 0.3 is 0 Å². The molecule has 1 aromatic heterocycles. The largest absolute Gasteiger partial charge is 0.496 e. The van der Waals surface area contributed by atoms with Gasteiger partial charge in [-0.2, -0.15) is 0 Å². The monoisotopic (exact) mass is 448 g/mol. The lowest BCUT2D eigenvalue weighted by Gasteiger charge is -2.19. The van der Waals surface area contributed by atoms with Gasteiger partial charge in [0.05, 0.1) is 40.0 Å². The summed E-state index contributed by atoms with van der Waals surface area (Å²) >= 11 is 1.60. The molecule has 5 aromatic rings. The molecule has 0 unspecified atom stereocenters. The number of nitrogens with two attached hydrogens (primary N) is 1. The minimum atomic E-state index is 0.413. The van der Waals surface area contributed by atoms with E-state index in [0.29, 0.717) is 5.84 Å². The fourth-order valence-corrected chi connectivity index (χ4v) is 5.28. The number of rotatable bonds is 3. The lowest BCUT2D eigenvalue weighted by Crippen LogP contribution is -2.16. The van der Waals surface area contributed by atoms with Crippen molar-refractivity contribution in [1.29, 1.82) is 0 Å². The van der Waals surface area contributed by atoms with Crippen molar-refractivity contribution in [2.45, 2.75) is 0 Å². The van der Waals surface area contributed by atoms with Crippen molar-refractivity contribution in [3.63, 3.8) is 0 Å². The third kappa shape index (κ3) is 3.23. The van der Waals surface area contributed by atoms with E-state index in [1.807, 2.05) is 60.7 Å². The molecule has 0 radical (unpaired) electrons. The number of thiazole rings is 1. The zero-order valence-corrected chi connectivity index (χ0v) is 18.7. The van der Waals surface area contributed by atoms with Gasteiger partial charge in [0.1, 0.15) is 16.6 Å². The number of amidine groups is 1. The van der Waals surface area contributed by atoms with Crippen LogP contribution in [0.3, 0.4) is 0 Å². The van der Waals surface area contributed by atoms with E-state index in [4.69, 9.17) is 20.4 Å². The molecule has 0 fully saturated rings. The van der Waals surface area contributed by atoms with E-state index in [9.17, 15) is 0 Å². The van der Waals surface area contributed by atoms with Crippen molar-refractivity contribution in [2.24, 2.45) is 10.7 Å². The molecule has 160 valence electrons. The number of anilines is 1. The molecule has 0 amide bonds. The normalized spacial score (nSPS) is 13.4. The molecule has 0 atom stereocenters. The van der Waals surface area contributed by atoms with Gasteiger partial charge in [-0.1, -0.05) is 54.6 Å². The maximum atomic E-state index is 6.69. The first kappa shape index (κ1) is 19.5. The second-order valence-electron chi connectivity index (χ2n) is 7.74. The van der Waals surface area contributed by atoms with Crippen LogP contribution in [0.1, 0.15) is 10.6 Å². The van der Waals surface area contributed by atoms with E-state index in [-0.39, 0.29) is 0 Å². The van der Waals surface area contributed by atoms with Crippen LogP contribution in [-0.2, 0) is 0 Å². The molecule has 6 rings (SSSR count). The number of aromatic nitrogens is 1. The van der Waals surface area contributed by atoms with Crippen LogP contribution in [0.15, 0.2) is 89.9 Å². The average molecular weight is 449 g/mol. The molecule has 6 heteroatoms. The Morgan fingerprint density at radius 1 is 0.879 bits per heavy atom. The molecular weight excluding hydrogens is 428 g/mol. The van der Waals surface area contributed by atoms with Crippen LogP contribution < -0.4 is 15.8 Å². The van der Waals surface area contributed by atoms with Gasteiger partial charge in [0, 0.05) is 5.56 Å². The maximum absolute atomic E-state index is 6.69. The van der Waals surface area contributed by atoms with Gasteiger partial charge in [0.2, 0.25) is 0 Å². The first-order valence-electron chi connectivity index (χ1n) is 10.6. The number of hydrogen-bond acceptors (Lipinski definition) is 6. The first-order valence-corrected chi connectivity index (χ1v) is 11.4. The summed E-state index contributed by atoms with van der Waals surface area (Å²) in [6, 6.07) is 28.3. The Morgan fingerprint density at radius 3 is 2.55 bits per heavy atom. The number of ether oxygens (including phenoxy) is 1. The molecule has 5 nitrogen and oxygen atoms in total. The van der Waals surface area contributed by atoms with Crippen molar-refractivity contribution in [3.05, 3.63) is 95.5 Å². The maximum Gasteiger partial charge on any atom is 0.136 e. The average Bonchev–Trinajstić information content (AvgIpc) is 3.21. The summed E-state index contributed by atoms with van der Waals surface area (Å²) in [7, 11) is 1.69. The molecule has 33 heavy (non-hydrogen) atoms. The number of aliphatic imine (C=N–C) groups is 1. The van der Waals surface area contributed by atoms with E-state index < -0.39 is 0 Å². The Hall–Kier alpha value is -4.16. The third-order valence-corrected chi connectivity index (χ3v) is 6.83. The molecule has 1 aliphatic rings. The molecule has 3 N–H and O–H groups in total. The van der Waals surface area contributed by atoms with Crippen LogP contribution in [-0.4, -0.2) is 17.9 Å². The summed E-state index contributed by atoms with van der Waals surface area (Å²) in [6.07, 6.45) is 0. The van der Waals surface area contributed by atoms with Gasteiger partial charge < -0.3 is 15.8 Å². The quantitative estimate of drug-likeness (QED) is 0.333. The highest BCUT2D eigenvalue weighted by Crippen LogP contribution is 2.43. The summed E-state index contributed by atoms with van der Waals surface area (Å²) in [5.41, 5.74) is 11.8. The predicted octanol–water partition coefficient (Wildman–Crippen LogP) is 6.44. The van der Waals surface area contributed by atoms with Crippen LogP contribution in [0.4, 0.5) is 11.4 Å². The zero-order valence-electron chi connectivity index (χ0n) is 17.9.